The van der Waals surface area contributed by atoms with Crippen molar-refractivity contribution in [1.29, 1.82) is 0 Å². The van der Waals surface area contributed by atoms with Gasteiger partial charge in [-0.1, -0.05) is 42.0 Å². The van der Waals surface area contributed by atoms with Crippen molar-refractivity contribution in [1.82, 2.24) is 4.83 Å². The number of methoxy groups -OCH3 is 1. The van der Waals surface area contributed by atoms with Crippen molar-refractivity contribution in [3.8, 4) is 17.2 Å². The van der Waals surface area contributed by atoms with Gasteiger partial charge in [0.1, 0.15) is 5.75 Å². The normalized spacial score (nSPS) is 12.1. The summed E-state index contributed by atoms with van der Waals surface area (Å²) < 4.78 is 30.5. The van der Waals surface area contributed by atoms with Crippen LogP contribution in [0.3, 0.4) is 0 Å². The average Bonchev–Trinajstić information content (AvgIpc) is 2.90. The van der Waals surface area contributed by atoms with Crippen LogP contribution in [0, 0.1) is 6.92 Å². The summed E-state index contributed by atoms with van der Waals surface area (Å²) in [5.41, 5.74) is 2.22. The fourth-order valence-corrected chi connectivity index (χ4v) is 4.05. The SMILES string of the molecule is COc1cc(/C=C/C(CC(=O)/C=C/c2ccc(O)c(C=O)c2)=N\NS(=O)(=O)c2ccc(C)cc2)ccc1O. The zero-order valence-corrected chi connectivity index (χ0v) is 21.5. The monoisotopic (exact) mass is 534 g/mol. The van der Waals surface area contributed by atoms with Crippen LogP contribution in [0.5, 0.6) is 17.2 Å². The number of aldehydes is 1. The molecule has 9 nitrogen and oxygen atoms in total. The lowest BCUT2D eigenvalue weighted by atomic mass is 10.1. The fourth-order valence-electron chi connectivity index (χ4n) is 3.21. The second-order valence-electron chi connectivity index (χ2n) is 8.19. The van der Waals surface area contributed by atoms with E-state index in [1.54, 1.807) is 30.3 Å². The zero-order chi connectivity index (χ0) is 27.7. The molecule has 0 saturated heterocycles. The van der Waals surface area contributed by atoms with Crippen molar-refractivity contribution >= 4 is 40.0 Å². The molecule has 10 heteroatoms. The molecule has 0 aliphatic rings. The van der Waals surface area contributed by atoms with E-state index in [0.29, 0.717) is 17.4 Å². The first kappa shape index (κ1) is 27.9. The molecule has 196 valence electrons. The standard InChI is InChI=1S/C28H26N2O7S/c1-19-3-11-25(12-4-19)38(35,36)30-29-23(9-5-21-8-14-27(34)28(16-21)37-2)17-24(32)10-6-20-7-13-26(33)22(15-20)18-31/h3-16,18,30,33-34H,17H2,1-2H3/b9-5+,10-6+,29-23+. The van der Waals surface area contributed by atoms with E-state index >= 15 is 0 Å². The number of nitrogens with zero attached hydrogens (tertiary/aromatic N) is 1. The second-order valence-corrected chi connectivity index (χ2v) is 9.85. The van der Waals surface area contributed by atoms with Crippen molar-refractivity contribution in [2.75, 3.05) is 7.11 Å². The first-order valence-electron chi connectivity index (χ1n) is 11.3. The van der Waals surface area contributed by atoms with Crippen molar-refractivity contribution < 1.29 is 33.0 Å². The van der Waals surface area contributed by atoms with Crippen molar-refractivity contribution in [3.05, 3.63) is 95.1 Å². The largest absolute Gasteiger partial charge is 0.507 e. The molecule has 0 unspecified atom stereocenters. The van der Waals surface area contributed by atoms with E-state index < -0.39 is 15.8 Å². The van der Waals surface area contributed by atoms with Gasteiger partial charge >= 0.3 is 0 Å². The number of sulfonamides is 1. The lowest BCUT2D eigenvalue weighted by Crippen LogP contribution is -2.20. The molecule has 0 bridgehead atoms. The maximum absolute atomic E-state index is 12.7. The van der Waals surface area contributed by atoms with Gasteiger partial charge in [-0.3, -0.25) is 9.59 Å². The smallest absolute Gasteiger partial charge is 0.276 e. The van der Waals surface area contributed by atoms with Crippen LogP contribution in [0.15, 0.2) is 82.8 Å². The van der Waals surface area contributed by atoms with E-state index in [-0.39, 0.29) is 39.8 Å². The minimum absolute atomic E-state index is 0.0167. The number of ether oxygens (including phenoxy) is 1. The molecular weight excluding hydrogens is 508 g/mol. The Kier molecular flexibility index (Phi) is 9.18. The van der Waals surface area contributed by atoms with Crippen LogP contribution in [0.25, 0.3) is 12.2 Å². The lowest BCUT2D eigenvalue weighted by Gasteiger charge is -2.06. The van der Waals surface area contributed by atoms with Gasteiger partial charge < -0.3 is 14.9 Å². The first-order valence-corrected chi connectivity index (χ1v) is 12.8. The minimum atomic E-state index is -3.98. The van der Waals surface area contributed by atoms with Gasteiger partial charge in [0, 0.05) is 0 Å². The molecule has 38 heavy (non-hydrogen) atoms. The second kappa shape index (κ2) is 12.5. The number of aryl methyl sites for hydroxylation is 1. The molecular formula is C28H26N2O7S. The number of ketones is 1. The Morgan fingerprint density at radius 1 is 0.947 bits per heavy atom. The number of rotatable bonds is 11. The topological polar surface area (TPSA) is 142 Å². The summed E-state index contributed by atoms with van der Waals surface area (Å²) in [5, 5.41) is 23.4. The summed E-state index contributed by atoms with van der Waals surface area (Å²) in [6, 6.07) is 15.1. The Labute approximate surface area is 220 Å². The Balaban J connectivity index is 1.86. The summed E-state index contributed by atoms with van der Waals surface area (Å²) in [4.78, 5) is 25.9. The molecule has 3 N–H and O–H groups in total. The van der Waals surface area contributed by atoms with Gasteiger partial charge in [0.25, 0.3) is 10.0 Å². The minimum Gasteiger partial charge on any atom is -0.507 e. The molecule has 0 radical (unpaired) electrons. The van der Waals surface area contributed by atoms with Gasteiger partial charge in [-0.15, -0.1) is 0 Å². The highest BCUT2D eigenvalue weighted by atomic mass is 32.2. The molecule has 0 aliphatic heterocycles. The van der Waals surface area contributed by atoms with Crippen molar-refractivity contribution in [3.63, 3.8) is 0 Å². The van der Waals surface area contributed by atoms with E-state index in [9.17, 15) is 28.2 Å². The number of hydrogen-bond acceptors (Lipinski definition) is 8. The van der Waals surface area contributed by atoms with E-state index in [1.165, 1.54) is 61.7 Å². The summed E-state index contributed by atoms with van der Waals surface area (Å²) in [6.45, 7) is 1.83. The fraction of sp³-hybridized carbons (Fsp3) is 0.107. The number of aromatic hydroxyl groups is 2. The summed E-state index contributed by atoms with van der Waals surface area (Å²) in [7, 11) is -2.58. The Hall–Kier alpha value is -4.70. The van der Waals surface area contributed by atoms with Crippen LogP contribution in [-0.4, -0.2) is 43.5 Å². The van der Waals surface area contributed by atoms with E-state index in [1.807, 2.05) is 6.92 Å². The third-order valence-electron chi connectivity index (χ3n) is 5.31. The molecule has 0 amide bonds. The number of benzene rings is 3. The van der Waals surface area contributed by atoms with Crippen LogP contribution in [0.1, 0.15) is 33.5 Å². The van der Waals surface area contributed by atoms with Gasteiger partial charge in [-0.25, -0.2) is 0 Å². The molecule has 0 fully saturated rings. The first-order chi connectivity index (χ1) is 18.1. The highest BCUT2D eigenvalue weighted by Gasteiger charge is 2.13. The van der Waals surface area contributed by atoms with Crippen LogP contribution in [0.4, 0.5) is 0 Å². The number of carbonyl (C=O) groups is 2. The third-order valence-corrected chi connectivity index (χ3v) is 6.53. The van der Waals surface area contributed by atoms with Gasteiger partial charge in [0.05, 0.1) is 29.7 Å². The maximum atomic E-state index is 12.7. The molecule has 3 rings (SSSR count). The summed E-state index contributed by atoms with van der Waals surface area (Å²) in [6.07, 6.45) is 6.05. The quantitative estimate of drug-likeness (QED) is 0.144. The zero-order valence-electron chi connectivity index (χ0n) is 20.7. The predicted octanol–water partition coefficient (Wildman–Crippen LogP) is 4.25. The highest BCUT2D eigenvalue weighted by Crippen LogP contribution is 2.26. The molecule has 3 aromatic rings. The number of phenolic OH excluding ortho intramolecular Hbond substituents is 2. The van der Waals surface area contributed by atoms with E-state index in [2.05, 4.69) is 9.93 Å². The summed E-state index contributed by atoms with van der Waals surface area (Å²) >= 11 is 0. The van der Waals surface area contributed by atoms with Crippen LogP contribution in [0.2, 0.25) is 0 Å². The number of carbonyl (C=O) groups excluding carboxylic acids is 2. The number of hydrazone groups is 1. The Morgan fingerprint density at radius 3 is 2.24 bits per heavy atom. The third kappa shape index (κ3) is 7.65. The highest BCUT2D eigenvalue weighted by molar-refractivity contribution is 7.89. The molecule has 0 heterocycles. The van der Waals surface area contributed by atoms with Gasteiger partial charge in [0.15, 0.2) is 23.6 Å². The summed E-state index contributed by atoms with van der Waals surface area (Å²) in [5.74, 6) is -0.369. The molecule has 0 atom stereocenters. The van der Waals surface area contributed by atoms with E-state index in [4.69, 9.17) is 4.74 Å². The lowest BCUT2D eigenvalue weighted by molar-refractivity contribution is -0.113. The maximum Gasteiger partial charge on any atom is 0.276 e. The molecule has 0 aromatic heterocycles. The van der Waals surface area contributed by atoms with Crippen LogP contribution < -0.4 is 9.57 Å². The predicted molar refractivity (Wildman–Crippen MR) is 145 cm³/mol. The van der Waals surface area contributed by atoms with E-state index in [0.717, 1.165) is 5.56 Å². The number of nitrogens with one attached hydrogen (secondary N) is 1. The molecule has 0 spiro atoms. The van der Waals surface area contributed by atoms with Gasteiger partial charge in [-0.05, 0) is 66.6 Å². The van der Waals surface area contributed by atoms with Crippen molar-refractivity contribution in [2.24, 2.45) is 5.10 Å². The Morgan fingerprint density at radius 2 is 1.58 bits per heavy atom. The average molecular weight is 535 g/mol. The molecule has 0 saturated carbocycles. The number of hydrogen-bond donors (Lipinski definition) is 3. The van der Waals surface area contributed by atoms with Crippen LogP contribution in [-0.2, 0) is 14.8 Å². The molecule has 0 aliphatic carbocycles. The molecule has 3 aromatic carbocycles. The number of phenols is 2. The van der Waals surface area contributed by atoms with Gasteiger partial charge in [0.2, 0.25) is 0 Å². The number of allylic oxidation sites excluding steroid dienone is 2. The Bertz CT molecular complexity index is 1520. The van der Waals surface area contributed by atoms with Crippen molar-refractivity contribution in [2.45, 2.75) is 18.2 Å². The van der Waals surface area contributed by atoms with Crippen LogP contribution >= 0.6 is 0 Å². The van der Waals surface area contributed by atoms with Gasteiger partial charge in [-0.2, -0.15) is 18.4 Å².